The van der Waals surface area contributed by atoms with Gasteiger partial charge < -0.3 is 14.8 Å². The molecule has 0 aromatic heterocycles. The number of amidine groups is 1. The molecule has 4 rings (SSSR count). The van der Waals surface area contributed by atoms with Crippen molar-refractivity contribution < 1.29 is 14.3 Å². The first-order chi connectivity index (χ1) is 17.8. The molecule has 190 valence electrons. The smallest absolute Gasteiger partial charge is 0.264 e. The number of allylic oxidation sites excluding steroid dienone is 1. The normalized spacial score (nSPS) is 15.2. The number of halogens is 3. The zero-order chi connectivity index (χ0) is 26.5. The standard InChI is InChI=1S/C28H23Cl3N2O3S/c1-4-6-18-11-17(12-24(35-3)26(18)36-15-19-9-10-20(29)14-22(19)31)13-25-27(34)33-28(37-25)32-23-8-5-7-21(30)16(23)2/h4-5,7-14H,1,6,15H2,2-3H3,(H,32,33,34)/b25-13+. The van der Waals surface area contributed by atoms with Crippen LogP contribution in [-0.2, 0) is 17.8 Å². The van der Waals surface area contributed by atoms with E-state index < -0.39 is 0 Å². The lowest BCUT2D eigenvalue weighted by molar-refractivity contribution is -0.115. The van der Waals surface area contributed by atoms with Crippen molar-refractivity contribution in [1.82, 2.24) is 5.32 Å². The Kier molecular flexibility index (Phi) is 8.87. The maximum atomic E-state index is 12.7. The molecule has 1 aliphatic rings. The molecule has 9 heteroatoms. The van der Waals surface area contributed by atoms with Gasteiger partial charge in [-0.3, -0.25) is 4.79 Å². The molecule has 1 N–H and O–H groups in total. The molecular weight excluding hydrogens is 551 g/mol. The van der Waals surface area contributed by atoms with E-state index in [-0.39, 0.29) is 12.5 Å². The highest BCUT2D eigenvalue weighted by molar-refractivity contribution is 8.18. The van der Waals surface area contributed by atoms with Crippen molar-refractivity contribution in [3.63, 3.8) is 0 Å². The third-order valence-electron chi connectivity index (χ3n) is 5.54. The molecule has 0 saturated carbocycles. The van der Waals surface area contributed by atoms with E-state index >= 15 is 0 Å². The van der Waals surface area contributed by atoms with Gasteiger partial charge in [-0.15, -0.1) is 6.58 Å². The highest BCUT2D eigenvalue weighted by Crippen LogP contribution is 2.37. The van der Waals surface area contributed by atoms with Gasteiger partial charge in [0, 0.05) is 26.2 Å². The molecule has 3 aromatic rings. The van der Waals surface area contributed by atoms with E-state index in [0.717, 1.165) is 22.3 Å². The molecule has 5 nitrogen and oxygen atoms in total. The second-order valence-corrected chi connectivity index (χ2v) is 10.4. The van der Waals surface area contributed by atoms with Crippen molar-refractivity contribution in [2.45, 2.75) is 20.0 Å². The number of benzene rings is 3. The van der Waals surface area contributed by atoms with E-state index in [4.69, 9.17) is 44.3 Å². The summed E-state index contributed by atoms with van der Waals surface area (Å²) in [5.41, 5.74) is 3.98. The van der Waals surface area contributed by atoms with E-state index in [9.17, 15) is 4.79 Å². The molecular formula is C28H23Cl3N2O3S. The van der Waals surface area contributed by atoms with Crippen LogP contribution in [-0.4, -0.2) is 18.2 Å². The van der Waals surface area contributed by atoms with Crippen LogP contribution in [0.15, 0.2) is 71.1 Å². The number of carbonyl (C=O) groups excluding carboxylic acids is 1. The van der Waals surface area contributed by atoms with Crippen molar-refractivity contribution >= 4 is 69.4 Å². The second kappa shape index (κ2) is 12.1. The van der Waals surface area contributed by atoms with E-state index in [0.29, 0.717) is 48.7 Å². The van der Waals surface area contributed by atoms with Gasteiger partial charge in [0.15, 0.2) is 16.7 Å². The van der Waals surface area contributed by atoms with Crippen molar-refractivity contribution in [2.24, 2.45) is 4.99 Å². The van der Waals surface area contributed by atoms with Gasteiger partial charge in [0.1, 0.15) is 6.61 Å². The molecule has 0 bridgehead atoms. The topological polar surface area (TPSA) is 59.9 Å². The highest BCUT2D eigenvalue weighted by Gasteiger charge is 2.24. The summed E-state index contributed by atoms with van der Waals surface area (Å²) in [6.45, 7) is 5.98. The summed E-state index contributed by atoms with van der Waals surface area (Å²) >= 11 is 19.8. The second-order valence-electron chi connectivity index (χ2n) is 8.09. The summed E-state index contributed by atoms with van der Waals surface area (Å²) in [7, 11) is 1.57. The van der Waals surface area contributed by atoms with Crippen molar-refractivity contribution in [1.29, 1.82) is 0 Å². The van der Waals surface area contributed by atoms with Crippen molar-refractivity contribution in [3.05, 3.63) is 103 Å². The van der Waals surface area contributed by atoms with Gasteiger partial charge in [0.25, 0.3) is 5.91 Å². The molecule has 1 saturated heterocycles. The van der Waals surface area contributed by atoms with Crippen LogP contribution in [0.5, 0.6) is 11.5 Å². The maximum absolute atomic E-state index is 12.7. The predicted octanol–water partition coefficient (Wildman–Crippen LogP) is 8.16. The van der Waals surface area contributed by atoms with Crippen molar-refractivity contribution in [2.75, 3.05) is 7.11 Å². The van der Waals surface area contributed by atoms with E-state index in [1.54, 1.807) is 37.5 Å². The Morgan fingerprint density at radius 1 is 1.08 bits per heavy atom. The average Bonchev–Trinajstić information content (AvgIpc) is 3.20. The van der Waals surface area contributed by atoms with Crippen LogP contribution < -0.4 is 14.8 Å². The molecule has 1 aliphatic heterocycles. The summed E-state index contributed by atoms with van der Waals surface area (Å²) in [6, 6.07) is 14.5. The Morgan fingerprint density at radius 3 is 2.62 bits per heavy atom. The first-order valence-electron chi connectivity index (χ1n) is 11.2. The van der Waals surface area contributed by atoms with Crippen LogP contribution in [0.4, 0.5) is 5.69 Å². The number of hydrogen-bond acceptors (Lipinski definition) is 5. The molecule has 1 amide bonds. The van der Waals surface area contributed by atoms with Gasteiger partial charge in [-0.05, 0) is 78.7 Å². The molecule has 0 spiro atoms. The first kappa shape index (κ1) is 27.1. The summed E-state index contributed by atoms with van der Waals surface area (Å²) in [5, 5.41) is 5.00. The molecule has 0 aliphatic carbocycles. The minimum Gasteiger partial charge on any atom is -0.493 e. The first-order valence-corrected chi connectivity index (χ1v) is 13.2. The number of nitrogens with one attached hydrogen (secondary N) is 1. The van der Waals surface area contributed by atoms with E-state index in [1.165, 1.54) is 11.8 Å². The number of aliphatic imine (C=N–C) groups is 1. The van der Waals surface area contributed by atoms with Gasteiger partial charge in [-0.25, -0.2) is 4.99 Å². The zero-order valence-electron chi connectivity index (χ0n) is 20.1. The minimum absolute atomic E-state index is 0.231. The van der Waals surface area contributed by atoms with Crippen molar-refractivity contribution in [3.8, 4) is 11.5 Å². The van der Waals surface area contributed by atoms with Gasteiger partial charge in [0.2, 0.25) is 0 Å². The Bertz CT molecular complexity index is 1440. The Labute approximate surface area is 235 Å². The Morgan fingerprint density at radius 2 is 1.89 bits per heavy atom. The summed E-state index contributed by atoms with van der Waals surface area (Å²) < 4.78 is 11.8. The van der Waals surface area contributed by atoms with Gasteiger partial charge in [-0.1, -0.05) is 53.0 Å². The third kappa shape index (κ3) is 6.51. The number of ether oxygens (including phenoxy) is 2. The largest absolute Gasteiger partial charge is 0.493 e. The zero-order valence-corrected chi connectivity index (χ0v) is 23.2. The highest BCUT2D eigenvalue weighted by atomic mass is 35.5. The summed E-state index contributed by atoms with van der Waals surface area (Å²) in [4.78, 5) is 17.7. The SMILES string of the molecule is C=CCc1cc(/C=C2/SC(=Nc3cccc(Cl)c3C)NC2=O)cc(OC)c1OCc1ccc(Cl)cc1Cl. The molecule has 3 aromatic carbocycles. The lowest BCUT2D eigenvalue weighted by Gasteiger charge is -2.16. The number of nitrogens with zero attached hydrogens (tertiary/aromatic N) is 1. The number of carbonyl (C=O) groups is 1. The van der Waals surface area contributed by atoms with Gasteiger partial charge in [-0.2, -0.15) is 0 Å². The molecule has 0 unspecified atom stereocenters. The third-order valence-corrected chi connectivity index (χ3v) is 7.44. The Balaban J connectivity index is 1.62. The molecule has 0 radical (unpaired) electrons. The number of methoxy groups -OCH3 is 1. The Hall–Kier alpha value is -2.90. The van der Waals surface area contributed by atoms with E-state index in [2.05, 4.69) is 16.9 Å². The maximum Gasteiger partial charge on any atom is 0.264 e. The average molecular weight is 574 g/mol. The summed E-state index contributed by atoms with van der Waals surface area (Å²) in [5.74, 6) is 0.881. The van der Waals surface area contributed by atoms with Crippen LogP contribution in [0.3, 0.4) is 0 Å². The van der Waals surface area contributed by atoms with Crippen LogP contribution >= 0.6 is 46.6 Å². The lowest BCUT2D eigenvalue weighted by Crippen LogP contribution is -2.19. The number of hydrogen-bond donors (Lipinski definition) is 1. The molecule has 1 fully saturated rings. The summed E-state index contributed by atoms with van der Waals surface area (Å²) in [6.07, 6.45) is 4.11. The fourth-order valence-corrected chi connectivity index (χ4v) is 5.10. The number of thioether (sulfide) groups is 1. The fourth-order valence-electron chi connectivity index (χ4n) is 3.64. The predicted molar refractivity (Wildman–Crippen MR) is 155 cm³/mol. The van der Waals surface area contributed by atoms with Crippen LogP contribution in [0, 0.1) is 6.92 Å². The molecule has 1 heterocycles. The van der Waals surface area contributed by atoms with Crippen LogP contribution in [0.1, 0.15) is 22.3 Å². The quantitative estimate of drug-likeness (QED) is 0.218. The van der Waals surface area contributed by atoms with E-state index in [1.807, 2.05) is 37.3 Å². The van der Waals surface area contributed by atoms with Gasteiger partial charge >= 0.3 is 0 Å². The van der Waals surface area contributed by atoms with Gasteiger partial charge in [0.05, 0.1) is 17.7 Å². The van der Waals surface area contributed by atoms with Crippen LogP contribution in [0.2, 0.25) is 15.1 Å². The monoisotopic (exact) mass is 572 g/mol. The number of rotatable bonds is 8. The lowest BCUT2D eigenvalue weighted by atomic mass is 10.0. The van der Waals surface area contributed by atoms with Crippen LogP contribution in [0.25, 0.3) is 6.08 Å². The number of amides is 1. The fraction of sp³-hybridized carbons (Fsp3) is 0.143. The molecule has 37 heavy (non-hydrogen) atoms. The molecule has 0 atom stereocenters. The minimum atomic E-state index is -0.231.